The Labute approximate surface area is 212 Å². The number of carbonyl (C=O) groups excluding carboxylic acids is 1. The van der Waals surface area contributed by atoms with E-state index in [4.69, 9.17) is 19.1 Å². The number of hydrogen-bond acceptors (Lipinski definition) is 10. The fraction of sp³-hybridized carbons (Fsp3) is 0.400. The number of morpholine rings is 1. The minimum absolute atomic E-state index is 0.202. The number of pyridine rings is 2. The molecule has 0 atom stereocenters. The Bertz CT molecular complexity index is 1370. The van der Waals surface area contributed by atoms with Gasteiger partial charge < -0.3 is 24.3 Å². The molecule has 2 fully saturated rings. The molecule has 10 nitrogen and oxygen atoms in total. The second-order valence-electron chi connectivity index (χ2n) is 9.01. The first-order valence-corrected chi connectivity index (χ1v) is 13.0. The van der Waals surface area contributed by atoms with Crippen LogP contribution in [0.15, 0.2) is 35.1 Å². The Morgan fingerprint density at radius 1 is 1.03 bits per heavy atom. The highest BCUT2D eigenvalue weighted by atomic mass is 32.1. The molecule has 0 radical (unpaired) electrons. The zero-order valence-electron chi connectivity index (χ0n) is 20.1. The minimum atomic E-state index is -0.345. The third-order valence-corrected chi connectivity index (χ3v) is 7.48. The van der Waals surface area contributed by atoms with Crippen molar-refractivity contribution in [2.24, 2.45) is 0 Å². The molecule has 0 saturated carbocycles. The molecule has 2 aliphatic heterocycles. The summed E-state index contributed by atoms with van der Waals surface area (Å²) in [5.41, 5.74) is 3.19. The molecule has 6 rings (SSSR count). The van der Waals surface area contributed by atoms with Gasteiger partial charge >= 0.3 is 0 Å². The number of nitrogens with one attached hydrogen (secondary N) is 1. The van der Waals surface area contributed by atoms with Gasteiger partial charge in [-0.1, -0.05) is 11.3 Å². The highest BCUT2D eigenvalue weighted by Crippen LogP contribution is 2.35. The van der Waals surface area contributed by atoms with Gasteiger partial charge in [0.25, 0.3) is 5.91 Å². The van der Waals surface area contributed by atoms with Gasteiger partial charge in [0.05, 0.1) is 29.2 Å². The standard InChI is InChI=1S/C25H27N7O3S/c1-16-5-6-17(14-26-16)24-28-19(15-35-24)23(33)27-18-13-20-21(29-22(18)31-7-3-2-4-8-31)30-25(36-20)32-9-11-34-12-10-32/h5-6,13-15H,2-4,7-12H2,1H3,(H,27,33). The van der Waals surface area contributed by atoms with E-state index in [1.807, 2.05) is 25.1 Å². The maximum absolute atomic E-state index is 13.2. The molecule has 6 heterocycles. The first kappa shape index (κ1) is 22.9. The van der Waals surface area contributed by atoms with Crippen LogP contribution in [-0.4, -0.2) is 65.2 Å². The zero-order chi connectivity index (χ0) is 24.5. The Kier molecular flexibility index (Phi) is 6.24. The maximum Gasteiger partial charge on any atom is 0.277 e. The lowest BCUT2D eigenvalue weighted by Gasteiger charge is -2.29. The van der Waals surface area contributed by atoms with Crippen LogP contribution < -0.4 is 15.1 Å². The summed E-state index contributed by atoms with van der Waals surface area (Å²) in [6.07, 6.45) is 6.46. The van der Waals surface area contributed by atoms with E-state index in [1.165, 1.54) is 12.7 Å². The molecule has 36 heavy (non-hydrogen) atoms. The number of carbonyl (C=O) groups is 1. The van der Waals surface area contributed by atoms with E-state index in [0.29, 0.717) is 30.4 Å². The zero-order valence-corrected chi connectivity index (χ0v) is 20.9. The van der Waals surface area contributed by atoms with Gasteiger partial charge in [0, 0.05) is 38.1 Å². The van der Waals surface area contributed by atoms with Gasteiger partial charge in [-0.25, -0.2) is 9.97 Å². The highest BCUT2D eigenvalue weighted by molar-refractivity contribution is 7.22. The molecule has 11 heteroatoms. The average Bonchev–Trinajstić information content (AvgIpc) is 3.57. The first-order valence-electron chi connectivity index (χ1n) is 12.2. The minimum Gasteiger partial charge on any atom is -0.444 e. The normalized spacial score (nSPS) is 16.5. The summed E-state index contributed by atoms with van der Waals surface area (Å²) >= 11 is 1.58. The van der Waals surface area contributed by atoms with Crippen LogP contribution in [0.3, 0.4) is 0 Å². The average molecular weight is 506 g/mol. The number of aryl methyl sites for hydroxylation is 1. The van der Waals surface area contributed by atoms with Crippen LogP contribution >= 0.6 is 11.3 Å². The van der Waals surface area contributed by atoms with Gasteiger partial charge in [0.15, 0.2) is 22.3 Å². The molecule has 0 aromatic carbocycles. The Morgan fingerprint density at radius 3 is 2.64 bits per heavy atom. The van der Waals surface area contributed by atoms with Crippen LogP contribution in [0.25, 0.3) is 21.8 Å². The monoisotopic (exact) mass is 505 g/mol. The second-order valence-corrected chi connectivity index (χ2v) is 10.0. The van der Waals surface area contributed by atoms with Crippen molar-refractivity contribution < 1.29 is 13.9 Å². The van der Waals surface area contributed by atoms with E-state index in [1.54, 1.807) is 17.5 Å². The van der Waals surface area contributed by atoms with Gasteiger partial charge in [0.2, 0.25) is 5.89 Å². The molecule has 0 spiro atoms. The quantitative estimate of drug-likeness (QED) is 0.428. The van der Waals surface area contributed by atoms with Gasteiger partial charge in [-0.3, -0.25) is 9.78 Å². The highest BCUT2D eigenvalue weighted by Gasteiger charge is 2.23. The molecule has 2 saturated heterocycles. The third kappa shape index (κ3) is 4.63. The molecule has 4 aromatic rings. The summed E-state index contributed by atoms with van der Waals surface area (Å²) in [6.45, 7) is 6.73. The predicted molar refractivity (Wildman–Crippen MR) is 139 cm³/mol. The molecule has 4 aromatic heterocycles. The number of nitrogens with zero attached hydrogens (tertiary/aromatic N) is 6. The van der Waals surface area contributed by atoms with E-state index in [-0.39, 0.29) is 11.6 Å². The lowest BCUT2D eigenvalue weighted by atomic mass is 10.1. The Balaban J connectivity index is 1.31. The van der Waals surface area contributed by atoms with Crippen molar-refractivity contribution in [3.8, 4) is 11.5 Å². The topological polar surface area (TPSA) is 110 Å². The number of rotatable bonds is 5. The summed E-state index contributed by atoms with van der Waals surface area (Å²) in [5, 5.41) is 3.98. The lowest BCUT2D eigenvalue weighted by molar-refractivity contribution is 0.102. The Morgan fingerprint density at radius 2 is 1.86 bits per heavy atom. The molecular weight excluding hydrogens is 478 g/mol. The fourth-order valence-electron chi connectivity index (χ4n) is 4.46. The molecule has 186 valence electrons. The number of aromatic nitrogens is 4. The number of anilines is 3. The molecule has 0 aliphatic carbocycles. The van der Waals surface area contributed by atoms with E-state index in [0.717, 1.165) is 65.9 Å². The van der Waals surface area contributed by atoms with Crippen LogP contribution in [0.5, 0.6) is 0 Å². The maximum atomic E-state index is 13.2. The number of fused-ring (bicyclic) bond motifs is 1. The van der Waals surface area contributed by atoms with Crippen LogP contribution in [0.2, 0.25) is 0 Å². The van der Waals surface area contributed by atoms with E-state index in [9.17, 15) is 4.79 Å². The number of amides is 1. The van der Waals surface area contributed by atoms with Crippen molar-refractivity contribution in [2.75, 3.05) is 54.5 Å². The van der Waals surface area contributed by atoms with Crippen molar-refractivity contribution >= 4 is 44.2 Å². The van der Waals surface area contributed by atoms with Gasteiger partial charge in [0.1, 0.15) is 6.26 Å². The summed E-state index contributed by atoms with van der Waals surface area (Å²) in [4.78, 5) is 36.1. The molecule has 0 bridgehead atoms. The van der Waals surface area contributed by atoms with Crippen molar-refractivity contribution in [1.82, 2.24) is 19.9 Å². The van der Waals surface area contributed by atoms with Crippen LogP contribution in [0.4, 0.5) is 16.6 Å². The van der Waals surface area contributed by atoms with Gasteiger partial charge in [-0.05, 0) is 44.4 Å². The number of thiazole rings is 1. The first-order chi connectivity index (χ1) is 17.6. The van der Waals surface area contributed by atoms with Crippen LogP contribution in [-0.2, 0) is 4.74 Å². The van der Waals surface area contributed by atoms with Crippen molar-refractivity contribution in [1.29, 1.82) is 0 Å². The number of oxazole rings is 1. The molecule has 1 amide bonds. The number of ether oxygens (including phenoxy) is 1. The van der Waals surface area contributed by atoms with Crippen LogP contribution in [0.1, 0.15) is 35.4 Å². The molecule has 0 unspecified atom stereocenters. The lowest BCUT2D eigenvalue weighted by Crippen LogP contribution is -2.36. The third-order valence-electron chi connectivity index (χ3n) is 6.43. The van der Waals surface area contributed by atoms with Crippen LogP contribution in [0, 0.1) is 6.92 Å². The largest absolute Gasteiger partial charge is 0.444 e. The van der Waals surface area contributed by atoms with E-state index >= 15 is 0 Å². The Hall–Kier alpha value is -3.57. The fourth-order valence-corrected chi connectivity index (χ4v) is 5.46. The smallest absolute Gasteiger partial charge is 0.277 e. The predicted octanol–water partition coefficient (Wildman–Crippen LogP) is 4.13. The molecular formula is C25H27N7O3S. The summed E-state index contributed by atoms with van der Waals surface area (Å²) in [7, 11) is 0. The summed E-state index contributed by atoms with van der Waals surface area (Å²) in [6, 6.07) is 5.74. The summed E-state index contributed by atoms with van der Waals surface area (Å²) in [5.74, 6) is 0.762. The van der Waals surface area contributed by atoms with Gasteiger partial charge in [-0.2, -0.15) is 4.98 Å². The second kappa shape index (κ2) is 9.82. The van der Waals surface area contributed by atoms with Gasteiger partial charge in [-0.15, -0.1) is 0 Å². The molecule has 1 N–H and O–H groups in total. The molecule has 2 aliphatic rings. The SMILES string of the molecule is Cc1ccc(-c2nc(C(=O)Nc3cc4sc(N5CCOCC5)nc4nc3N3CCCCC3)co2)cn1. The summed E-state index contributed by atoms with van der Waals surface area (Å²) < 4.78 is 12.0. The van der Waals surface area contributed by atoms with Crippen molar-refractivity contribution in [2.45, 2.75) is 26.2 Å². The van der Waals surface area contributed by atoms with E-state index < -0.39 is 0 Å². The number of piperidine rings is 1. The number of hydrogen-bond donors (Lipinski definition) is 1. The van der Waals surface area contributed by atoms with Crippen molar-refractivity contribution in [3.63, 3.8) is 0 Å². The van der Waals surface area contributed by atoms with E-state index in [2.05, 4.69) is 25.1 Å². The van der Waals surface area contributed by atoms with Crippen molar-refractivity contribution in [3.05, 3.63) is 42.0 Å².